The van der Waals surface area contributed by atoms with Crippen molar-refractivity contribution in [2.45, 2.75) is 33.6 Å². The van der Waals surface area contributed by atoms with Crippen LogP contribution in [0, 0.1) is 71.0 Å². The fraction of sp³-hybridized carbons (Fsp3) is 0.172. The van der Waals surface area contributed by atoms with E-state index >= 15 is 0 Å². The Balaban J connectivity index is 2.62. The third kappa shape index (κ3) is 4.43. The molecule has 0 spiro atoms. The van der Waals surface area contributed by atoms with Crippen LogP contribution >= 0.6 is 0 Å². The molecule has 6 heteroatoms. The number of fused-ring (bicyclic) bond motifs is 3. The molecule has 0 saturated carbocycles. The standard InChI is InChI=1S/C29H18N6/c1-7-12-18(6)22(11-5)32-26-20(10-4)21-15-14-19(9-3)23(13-8-2)33-27(21)29-28(26)34-24(16-30)25(17-31)35-29/h3,5,14H,6,10,15H2,1-2,4H3. The van der Waals surface area contributed by atoms with Crippen molar-refractivity contribution in [1.29, 1.82) is 10.5 Å². The van der Waals surface area contributed by atoms with E-state index in [1.54, 1.807) is 13.8 Å². The fourth-order valence-electron chi connectivity index (χ4n) is 3.66. The number of nitrogens with zero attached hydrogens (tertiary/aromatic N) is 6. The predicted octanol–water partition coefficient (Wildman–Crippen LogP) is 4.43. The van der Waals surface area contributed by atoms with Gasteiger partial charge in [-0.1, -0.05) is 37.3 Å². The SMILES string of the molecule is C#CC1=CCc2c(CC)c(N=C(C#C)C(=C)C#CC)c3nc(C#N)c(C#N)nc3c2N=C1C#CC. The number of hydrogen-bond acceptors (Lipinski definition) is 6. The molecule has 0 atom stereocenters. The molecular weight excluding hydrogens is 432 g/mol. The summed E-state index contributed by atoms with van der Waals surface area (Å²) in [5.41, 5.74) is 4.44. The molecule has 0 aliphatic carbocycles. The molecule has 6 nitrogen and oxygen atoms in total. The summed E-state index contributed by atoms with van der Waals surface area (Å²) in [5.74, 6) is 16.5. The number of aromatic nitrogens is 2. The first kappa shape index (κ1) is 24.2. The van der Waals surface area contributed by atoms with Gasteiger partial charge in [-0.3, -0.25) is 0 Å². The summed E-state index contributed by atoms with van der Waals surface area (Å²) in [6.45, 7) is 9.24. The van der Waals surface area contributed by atoms with Gasteiger partial charge in [-0.05, 0) is 49.7 Å². The molecule has 164 valence electrons. The summed E-state index contributed by atoms with van der Waals surface area (Å²) >= 11 is 0. The Morgan fingerprint density at radius 3 is 2.34 bits per heavy atom. The second kappa shape index (κ2) is 10.5. The first-order valence-corrected chi connectivity index (χ1v) is 10.5. The number of terminal acetylenes is 2. The Bertz CT molecular complexity index is 1680. The molecular formula is C29H18N6. The molecule has 0 amide bonds. The highest BCUT2D eigenvalue weighted by Crippen LogP contribution is 2.42. The highest BCUT2D eigenvalue weighted by molar-refractivity contribution is 6.19. The zero-order valence-electron chi connectivity index (χ0n) is 19.5. The highest BCUT2D eigenvalue weighted by atomic mass is 14.9. The van der Waals surface area contributed by atoms with E-state index in [2.05, 4.69) is 52.1 Å². The lowest BCUT2D eigenvalue weighted by Gasteiger charge is -2.16. The zero-order valence-corrected chi connectivity index (χ0v) is 19.5. The Morgan fingerprint density at radius 1 is 1.11 bits per heavy atom. The average molecular weight is 451 g/mol. The quantitative estimate of drug-likeness (QED) is 0.510. The van der Waals surface area contributed by atoms with Crippen molar-refractivity contribution in [1.82, 2.24) is 9.97 Å². The smallest absolute Gasteiger partial charge is 0.177 e. The average Bonchev–Trinajstić information content (AvgIpc) is 3.05. The van der Waals surface area contributed by atoms with Gasteiger partial charge in [0.1, 0.15) is 34.6 Å². The Hall–Kier alpha value is -5.40. The van der Waals surface area contributed by atoms with Crippen LogP contribution in [0.15, 0.2) is 33.8 Å². The molecule has 0 bridgehead atoms. The van der Waals surface area contributed by atoms with Gasteiger partial charge in [0.15, 0.2) is 11.4 Å². The molecule has 3 rings (SSSR count). The molecule has 0 N–H and O–H groups in total. The van der Waals surface area contributed by atoms with Crippen LogP contribution in [0.1, 0.15) is 43.3 Å². The number of allylic oxidation sites excluding steroid dienone is 3. The summed E-state index contributed by atoms with van der Waals surface area (Å²) in [7, 11) is 0. The van der Waals surface area contributed by atoms with Crippen LogP contribution in [-0.4, -0.2) is 21.4 Å². The maximum atomic E-state index is 9.59. The summed E-state index contributed by atoms with van der Waals surface area (Å²) in [4.78, 5) is 18.4. The Morgan fingerprint density at radius 2 is 1.80 bits per heavy atom. The first-order chi connectivity index (χ1) is 17.0. The molecule has 1 aliphatic heterocycles. The third-order valence-electron chi connectivity index (χ3n) is 5.16. The third-order valence-corrected chi connectivity index (χ3v) is 5.16. The topological polar surface area (TPSA) is 98.1 Å². The van der Waals surface area contributed by atoms with Gasteiger partial charge in [0.05, 0.1) is 22.5 Å². The maximum Gasteiger partial charge on any atom is 0.177 e. The van der Waals surface area contributed by atoms with Gasteiger partial charge in [0.2, 0.25) is 0 Å². The molecule has 0 radical (unpaired) electrons. The minimum absolute atomic E-state index is 0.118. The summed E-state index contributed by atoms with van der Waals surface area (Å²) < 4.78 is 0. The van der Waals surface area contributed by atoms with Crippen LogP contribution in [0.2, 0.25) is 0 Å². The molecule has 0 saturated heterocycles. The van der Waals surface area contributed by atoms with Crippen molar-refractivity contribution in [2.75, 3.05) is 0 Å². The fourth-order valence-corrected chi connectivity index (χ4v) is 3.66. The number of nitriles is 2. The van der Waals surface area contributed by atoms with Gasteiger partial charge in [-0.15, -0.1) is 18.8 Å². The Labute approximate surface area is 204 Å². The minimum Gasteiger partial charge on any atom is -0.236 e. The van der Waals surface area contributed by atoms with Crippen molar-refractivity contribution >= 4 is 33.8 Å². The lowest BCUT2D eigenvalue weighted by Crippen LogP contribution is -2.04. The molecule has 1 aliphatic rings. The minimum atomic E-state index is -0.124. The molecule has 2 aromatic rings. The van der Waals surface area contributed by atoms with E-state index in [4.69, 9.17) is 22.8 Å². The van der Waals surface area contributed by atoms with Crippen molar-refractivity contribution < 1.29 is 0 Å². The van der Waals surface area contributed by atoms with Gasteiger partial charge < -0.3 is 0 Å². The first-order valence-electron chi connectivity index (χ1n) is 10.5. The van der Waals surface area contributed by atoms with Gasteiger partial charge in [0, 0.05) is 0 Å². The van der Waals surface area contributed by atoms with Gasteiger partial charge in [-0.25, -0.2) is 20.0 Å². The summed E-state index contributed by atoms with van der Waals surface area (Å²) in [6, 6.07) is 3.87. The van der Waals surface area contributed by atoms with Crippen LogP contribution in [0.25, 0.3) is 11.0 Å². The second-order valence-corrected chi connectivity index (χ2v) is 7.11. The van der Waals surface area contributed by atoms with E-state index < -0.39 is 0 Å². The Kier molecular flexibility index (Phi) is 7.26. The van der Waals surface area contributed by atoms with E-state index in [1.165, 1.54) is 0 Å². The van der Waals surface area contributed by atoms with Crippen LogP contribution in [0.3, 0.4) is 0 Å². The molecule has 1 aromatic carbocycles. The number of benzene rings is 1. The van der Waals surface area contributed by atoms with Crippen molar-refractivity contribution in [3.05, 3.63) is 46.3 Å². The zero-order chi connectivity index (χ0) is 25.5. The van der Waals surface area contributed by atoms with Crippen molar-refractivity contribution in [2.24, 2.45) is 9.98 Å². The number of aliphatic imine (C=N–C) groups is 2. The van der Waals surface area contributed by atoms with E-state index in [9.17, 15) is 10.5 Å². The van der Waals surface area contributed by atoms with Crippen LogP contribution < -0.4 is 0 Å². The maximum absolute atomic E-state index is 9.59. The van der Waals surface area contributed by atoms with E-state index in [0.717, 1.165) is 11.1 Å². The molecule has 0 unspecified atom stereocenters. The predicted molar refractivity (Wildman–Crippen MR) is 138 cm³/mol. The normalized spacial score (nSPS) is 11.9. The van der Waals surface area contributed by atoms with Crippen molar-refractivity contribution in [3.8, 4) is 60.5 Å². The molecule has 35 heavy (non-hydrogen) atoms. The van der Waals surface area contributed by atoms with Gasteiger partial charge in [0.25, 0.3) is 0 Å². The largest absolute Gasteiger partial charge is 0.236 e. The van der Waals surface area contributed by atoms with Crippen LogP contribution in [-0.2, 0) is 12.8 Å². The number of rotatable bonds is 3. The summed E-state index contributed by atoms with van der Waals surface area (Å²) in [6.07, 6.45) is 14.3. The van der Waals surface area contributed by atoms with Gasteiger partial charge >= 0.3 is 0 Å². The lowest BCUT2D eigenvalue weighted by molar-refractivity contribution is 1.07. The lowest BCUT2D eigenvalue weighted by atomic mass is 9.95. The van der Waals surface area contributed by atoms with Crippen molar-refractivity contribution in [3.63, 3.8) is 0 Å². The van der Waals surface area contributed by atoms with Gasteiger partial charge in [-0.2, -0.15) is 10.5 Å². The van der Waals surface area contributed by atoms with E-state index in [0.29, 0.717) is 46.6 Å². The van der Waals surface area contributed by atoms with E-state index in [1.807, 2.05) is 25.1 Å². The van der Waals surface area contributed by atoms with E-state index in [-0.39, 0.29) is 22.6 Å². The van der Waals surface area contributed by atoms with Crippen LogP contribution in [0.4, 0.5) is 11.4 Å². The molecule has 2 heterocycles. The highest BCUT2D eigenvalue weighted by Gasteiger charge is 2.25. The second-order valence-electron chi connectivity index (χ2n) is 7.11. The molecule has 0 fully saturated rings. The van der Waals surface area contributed by atoms with Crippen LogP contribution in [0.5, 0.6) is 0 Å². The monoisotopic (exact) mass is 450 g/mol. The summed E-state index contributed by atoms with van der Waals surface area (Å²) in [5, 5.41) is 19.2. The molecule has 1 aromatic heterocycles. The number of hydrogen-bond donors (Lipinski definition) is 0.